The largest absolute Gasteiger partial charge is 0.465 e. The monoisotopic (exact) mass is 514 g/mol. The maximum Gasteiger partial charge on any atom is 0.417 e. The molecule has 188 valence electrons. The Bertz CT molecular complexity index is 1240. The summed E-state index contributed by atoms with van der Waals surface area (Å²) in [6.07, 6.45) is -5.90. The van der Waals surface area contributed by atoms with Crippen LogP contribution in [0.2, 0.25) is 0 Å². The van der Waals surface area contributed by atoms with E-state index in [-0.39, 0.29) is 24.6 Å². The van der Waals surface area contributed by atoms with Crippen LogP contribution in [-0.4, -0.2) is 66.3 Å². The van der Waals surface area contributed by atoms with Gasteiger partial charge in [0.25, 0.3) is 0 Å². The van der Waals surface area contributed by atoms with Gasteiger partial charge in [-0.25, -0.2) is 13.2 Å². The minimum atomic E-state index is -5.08. The third kappa shape index (κ3) is 4.52. The standard InChI is InChI=1S/C21H21F3N4O6S/c22-21(23,24)14-8-12(27-7-1-2-17(27)29)3-4-16(14)35(33,34)13-9-15(28(10-13)19(31)32)18(30)26-20(11-25)5-6-20/h3-4,8,13,15H,1-2,5-7,9-10H2,(H,26,30)(H,31,32)/t13-,15+/m1/s1. The van der Waals surface area contributed by atoms with Crippen molar-refractivity contribution in [3.63, 3.8) is 0 Å². The molecule has 2 saturated heterocycles. The normalized spacial score (nSPS) is 23.8. The van der Waals surface area contributed by atoms with Crippen LogP contribution in [0.5, 0.6) is 0 Å². The fraction of sp³-hybridized carbons (Fsp3) is 0.524. The first kappa shape index (κ1) is 24.8. The summed E-state index contributed by atoms with van der Waals surface area (Å²) in [6, 6.07) is 2.92. The lowest BCUT2D eigenvalue weighted by atomic mass is 10.1. The number of nitrogens with zero attached hydrogens (tertiary/aromatic N) is 3. The van der Waals surface area contributed by atoms with Gasteiger partial charge in [0.2, 0.25) is 11.8 Å². The highest BCUT2D eigenvalue weighted by Gasteiger charge is 2.51. The number of sulfone groups is 1. The van der Waals surface area contributed by atoms with Gasteiger partial charge in [0.05, 0.1) is 21.8 Å². The molecule has 0 aromatic heterocycles. The van der Waals surface area contributed by atoms with Gasteiger partial charge in [-0.05, 0) is 43.9 Å². The van der Waals surface area contributed by atoms with Crippen molar-refractivity contribution in [2.45, 2.75) is 60.0 Å². The van der Waals surface area contributed by atoms with Crippen LogP contribution in [0.3, 0.4) is 0 Å². The summed E-state index contributed by atoms with van der Waals surface area (Å²) in [5, 5.41) is 19.4. The number of amides is 3. The molecule has 1 aromatic carbocycles. The Kier molecular flexibility index (Phi) is 5.95. The second-order valence-corrected chi connectivity index (χ2v) is 11.1. The van der Waals surface area contributed by atoms with Crippen molar-refractivity contribution in [3.05, 3.63) is 23.8 Å². The van der Waals surface area contributed by atoms with Crippen molar-refractivity contribution in [1.29, 1.82) is 5.26 Å². The van der Waals surface area contributed by atoms with E-state index < -0.39 is 68.3 Å². The van der Waals surface area contributed by atoms with Gasteiger partial charge in [-0.3, -0.25) is 14.5 Å². The molecule has 35 heavy (non-hydrogen) atoms. The molecule has 0 unspecified atom stereocenters. The number of nitrogens with one attached hydrogen (secondary N) is 1. The number of anilines is 1. The zero-order valence-corrected chi connectivity index (χ0v) is 19.0. The highest BCUT2D eigenvalue weighted by atomic mass is 32.2. The smallest absolute Gasteiger partial charge is 0.417 e. The van der Waals surface area contributed by atoms with Crippen LogP contribution in [0.4, 0.5) is 23.7 Å². The van der Waals surface area contributed by atoms with Crippen LogP contribution >= 0.6 is 0 Å². The predicted molar refractivity (Wildman–Crippen MR) is 113 cm³/mol. The Hall–Kier alpha value is -3.34. The molecule has 2 atom stereocenters. The molecule has 3 aliphatic rings. The first-order valence-corrected chi connectivity index (χ1v) is 12.3. The molecule has 4 rings (SSSR count). The molecule has 3 amide bonds. The van der Waals surface area contributed by atoms with E-state index in [0.717, 1.165) is 17.0 Å². The van der Waals surface area contributed by atoms with Gasteiger partial charge >= 0.3 is 12.3 Å². The number of likely N-dealkylation sites (tertiary alicyclic amines) is 1. The van der Waals surface area contributed by atoms with Crippen LogP contribution < -0.4 is 10.2 Å². The third-order valence-corrected chi connectivity index (χ3v) is 8.72. The summed E-state index contributed by atoms with van der Waals surface area (Å²) in [4.78, 5) is 37.0. The lowest BCUT2D eigenvalue weighted by Crippen LogP contribution is -2.49. The molecule has 0 radical (unpaired) electrons. The van der Waals surface area contributed by atoms with Crippen molar-refractivity contribution in [2.75, 3.05) is 18.0 Å². The van der Waals surface area contributed by atoms with Gasteiger partial charge < -0.3 is 15.3 Å². The van der Waals surface area contributed by atoms with E-state index in [2.05, 4.69) is 5.32 Å². The molecular formula is C21H21F3N4O6S. The van der Waals surface area contributed by atoms with Crippen LogP contribution in [-0.2, 0) is 25.6 Å². The number of alkyl halides is 3. The number of carboxylic acid groups (broad SMARTS) is 1. The molecule has 10 nitrogen and oxygen atoms in total. The second-order valence-electron chi connectivity index (χ2n) is 8.86. The van der Waals surface area contributed by atoms with Gasteiger partial charge in [0.1, 0.15) is 11.6 Å². The number of nitriles is 1. The van der Waals surface area contributed by atoms with E-state index >= 15 is 0 Å². The maximum atomic E-state index is 13.9. The Morgan fingerprint density at radius 1 is 1.26 bits per heavy atom. The molecule has 1 saturated carbocycles. The Morgan fingerprint density at radius 3 is 2.46 bits per heavy atom. The first-order chi connectivity index (χ1) is 16.3. The number of carbonyl (C=O) groups excluding carboxylic acids is 2. The summed E-state index contributed by atoms with van der Waals surface area (Å²) in [5.74, 6) is -1.25. The summed E-state index contributed by atoms with van der Waals surface area (Å²) in [5.41, 5.74) is -2.68. The van der Waals surface area contributed by atoms with Gasteiger partial charge in [0.15, 0.2) is 9.84 Å². The van der Waals surface area contributed by atoms with Crippen LogP contribution in [0, 0.1) is 11.3 Å². The first-order valence-electron chi connectivity index (χ1n) is 10.8. The quantitative estimate of drug-likeness (QED) is 0.610. The zero-order chi connectivity index (χ0) is 25.8. The fourth-order valence-electron chi connectivity index (χ4n) is 4.45. The SMILES string of the molecule is N#CC1(NC(=O)[C@@H]2C[C@@H](S(=O)(=O)c3ccc(N4CCCC4=O)cc3C(F)(F)F)CN2C(=O)O)CC1. The molecule has 2 heterocycles. The maximum absolute atomic E-state index is 13.9. The van der Waals surface area contributed by atoms with Crippen molar-refractivity contribution >= 4 is 33.4 Å². The van der Waals surface area contributed by atoms with Crippen LogP contribution in [0.1, 0.15) is 37.7 Å². The summed E-state index contributed by atoms with van der Waals surface area (Å²) in [6.45, 7) is -0.502. The van der Waals surface area contributed by atoms with Crippen molar-refractivity contribution in [2.24, 2.45) is 0 Å². The van der Waals surface area contributed by atoms with Gasteiger partial charge in [0, 0.05) is 25.2 Å². The van der Waals surface area contributed by atoms with E-state index in [4.69, 9.17) is 5.26 Å². The number of hydrogen-bond acceptors (Lipinski definition) is 6. The highest BCUT2D eigenvalue weighted by molar-refractivity contribution is 7.92. The van der Waals surface area contributed by atoms with Gasteiger partial charge in [-0.1, -0.05) is 0 Å². The second kappa shape index (κ2) is 8.40. The van der Waals surface area contributed by atoms with Crippen molar-refractivity contribution in [3.8, 4) is 6.07 Å². The highest BCUT2D eigenvalue weighted by Crippen LogP contribution is 2.40. The minimum Gasteiger partial charge on any atom is -0.465 e. The summed E-state index contributed by atoms with van der Waals surface area (Å²) >= 11 is 0. The van der Waals surface area contributed by atoms with Gasteiger partial charge in [-0.2, -0.15) is 18.4 Å². The molecule has 2 aliphatic heterocycles. The van der Waals surface area contributed by atoms with E-state index in [1.54, 1.807) is 0 Å². The predicted octanol–water partition coefficient (Wildman–Crippen LogP) is 1.90. The average molecular weight is 514 g/mol. The third-order valence-electron chi connectivity index (χ3n) is 6.54. The van der Waals surface area contributed by atoms with E-state index in [9.17, 15) is 41.1 Å². The Labute approximate surface area is 198 Å². The number of rotatable bonds is 5. The van der Waals surface area contributed by atoms with E-state index in [1.807, 2.05) is 6.07 Å². The topological polar surface area (TPSA) is 148 Å². The Balaban J connectivity index is 1.67. The number of carbonyl (C=O) groups is 3. The molecule has 0 bridgehead atoms. The molecule has 2 N–H and O–H groups in total. The fourth-order valence-corrected chi connectivity index (χ4v) is 6.34. The number of benzene rings is 1. The van der Waals surface area contributed by atoms with Crippen LogP contribution in [0.15, 0.2) is 23.1 Å². The molecule has 0 spiro atoms. The van der Waals surface area contributed by atoms with Crippen LogP contribution in [0.25, 0.3) is 0 Å². The minimum absolute atomic E-state index is 0.0825. The van der Waals surface area contributed by atoms with E-state index in [1.165, 1.54) is 0 Å². The molecule has 14 heteroatoms. The van der Waals surface area contributed by atoms with Gasteiger partial charge in [-0.15, -0.1) is 0 Å². The number of hydrogen-bond donors (Lipinski definition) is 2. The Morgan fingerprint density at radius 2 is 1.94 bits per heavy atom. The van der Waals surface area contributed by atoms with Crippen molar-refractivity contribution < 1.29 is 41.1 Å². The molecule has 1 aromatic rings. The summed E-state index contributed by atoms with van der Waals surface area (Å²) < 4.78 is 68.3. The molecule has 3 fully saturated rings. The zero-order valence-electron chi connectivity index (χ0n) is 18.2. The molecule has 1 aliphatic carbocycles. The lowest BCUT2D eigenvalue weighted by Gasteiger charge is -2.21. The van der Waals surface area contributed by atoms with Crippen molar-refractivity contribution in [1.82, 2.24) is 10.2 Å². The number of halogens is 3. The van der Waals surface area contributed by atoms with E-state index in [0.29, 0.717) is 30.2 Å². The lowest BCUT2D eigenvalue weighted by molar-refractivity contribution is -0.140. The summed E-state index contributed by atoms with van der Waals surface area (Å²) in [7, 11) is -4.75. The molecular weight excluding hydrogens is 493 g/mol. The average Bonchev–Trinajstić information content (AvgIpc) is 3.19.